The number of hydrogen-bond acceptors (Lipinski definition) is 1. The van der Waals surface area contributed by atoms with Gasteiger partial charge in [-0.2, -0.15) is 0 Å². The fourth-order valence-electron chi connectivity index (χ4n) is 2.19. The minimum atomic E-state index is 1.33. The average molecular weight is 256 g/mol. The molecule has 0 radical (unpaired) electrons. The van der Waals surface area contributed by atoms with Gasteiger partial charge in [-0.05, 0) is 74.6 Å². The normalized spacial score (nSPS) is 10.7. The molecule has 2 aromatic carbocycles. The summed E-state index contributed by atoms with van der Waals surface area (Å²) in [4.78, 5) is 2.74. The van der Waals surface area contributed by atoms with Crippen molar-refractivity contribution >= 4 is 11.8 Å². The Labute approximate surface area is 114 Å². The van der Waals surface area contributed by atoms with Crippen molar-refractivity contribution in [3.63, 3.8) is 0 Å². The maximum atomic E-state index is 2.26. The second-order valence-corrected chi connectivity index (χ2v) is 6.16. The molecule has 0 atom stereocenters. The van der Waals surface area contributed by atoms with Gasteiger partial charge in [0, 0.05) is 9.79 Å². The summed E-state index contributed by atoms with van der Waals surface area (Å²) in [6, 6.07) is 11.2. The lowest BCUT2D eigenvalue weighted by Crippen LogP contribution is -1.89. The molecule has 0 saturated carbocycles. The molecular formula is C17H20S. The van der Waals surface area contributed by atoms with E-state index in [2.05, 4.69) is 65.0 Å². The van der Waals surface area contributed by atoms with Gasteiger partial charge in [0.05, 0.1) is 0 Å². The van der Waals surface area contributed by atoms with E-state index in [1.807, 2.05) is 11.8 Å². The Morgan fingerprint density at radius 2 is 1.28 bits per heavy atom. The van der Waals surface area contributed by atoms with Crippen molar-refractivity contribution in [3.8, 4) is 0 Å². The number of benzene rings is 2. The van der Waals surface area contributed by atoms with Gasteiger partial charge in [-0.15, -0.1) is 0 Å². The average Bonchev–Trinajstić information content (AvgIpc) is 2.28. The van der Waals surface area contributed by atoms with Crippen LogP contribution in [0.5, 0.6) is 0 Å². The fraction of sp³-hybridized carbons (Fsp3) is 0.294. The van der Waals surface area contributed by atoms with Gasteiger partial charge in [-0.3, -0.25) is 0 Å². The van der Waals surface area contributed by atoms with E-state index in [9.17, 15) is 0 Å². The fourth-order valence-corrected chi connectivity index (χ4v) is 3.46. The summed E-state index contributed by atoms with van der Waals surface area (Å²) in [6.45, 7) is 10.9. The summed E-state index contributed by atoms with van der Waals surface area (Å²) in [6.07, 6.45) is 0. The van der Waals surface area contributed by atoms with Crippen LogP contribution >= 0.6 is 11.8 Å². The Morgan fingerprint density at radius 3 is 1.89 bits per heavy atom. The maximum Gasteiger partial charge on any atom is 0.0183 e. The van der Waals surface area contributed by atoms with Crippen molar-refractivity contribution in [3.05, 3.63) is 58.1 Å². The second kappa shape index (κ2) is 5.19. The maximum absolute atomic E-state index is 2.26. The van der Waals surface area contributed by atoms with Crippen LogP contribution in [-0.2, 0) is 0 Å². The molecule has 0 aliphatic heterocycles. The highest BCUT2D eigenvalue weighted by molar-refractivity contribution is 7.99. The molecule has 2 rings (SSSR count). The van der Waals surface area contributed by atoms with Crippen LogP contribution in [0.4, 0.5) is 0 Å². The largest absolute Gasteiger partial charge is 0.0895 e. The van der Waals surface area contributed by atoms with Crippen molar-refractivity contribution in [1.82, 2.24) is 0 Å². The first kappa shape index (κ1) is 13.2. The van der Waals surface area contributed by atoms with E-state index < -0.39 is 0 Å². The molecule has 18 heavy (non-hydrogen) atoms. The third-order valence-electron chi connectivity index (χ3n) is 3.29. The van der Waals surface area contributed by atoms with E-state index in [1.54, 1.807) is 0 Å². The quantitative estimate of drug-likeness (QED) is 0.695. The van der Waals surface area contributed by atoms with Gasteiger partial charge >= 0.3 is 0 Å². The van der Waals surface area contributed by atoms with Gasteiger partial charge in [0.15, 0.2) is 0 Å². The smallest absolute Gasteiger partial charge is 0.0183 e. The van der Waals surface area contributed by atoms with Gasteiger partial charge in [-0.25, -0.2) is 0 Å². The predicted molar refractivity (Wildman–Crippen MR) is 80.7 cm³/mol. The molecule has 0 N–H and O–H groups in total. The third-order valence-corrected chi connectivity index (χ3v) is 4.59. The van der Waals surface area contributed by atoms with E-state index in [4.69, 9.17) is 0 Å². The molecule has 2 aromatic rings. The lowest BCUT2D eigenvalue weighted by atomic mass is 10.1. The van der Waals surface area contributed by atoms with Crippen LogP contribution in [0.25, 0.3) is 0 Å². The van der Waals surface area contributed by atoms with Crippen LogP contribution in [0.2, 0.25) is 0 Å². The number of hydrogen-bond donors (Lipinski definition) is 0. The molecule has 0 bridgehead atoms. The lowest BCUT2D eigenvalue weighted by molar-refractivity contribution is 1.16. The van der Waals surface area contributed by atoms with E-state index in [1.165, 1.54) is 37.6 Å². The zero-order chi connectivity index (χ0) is 13.3. The van der Waals surface area contributed by atoms with E-state index in [0.717, 1.165) is 0 Å². The minimum absolute atomic E-state index is 1.33. The number of aryl methyl sites for hydroxylation is 4. The molecule has 0 aromatic heterocycles. The molecule has 0 spiro atoms. The predicted octanol–water partition coefficient (Wildman–Crippen LogP) is 5.38. The van der Waals surface area contributed by atoms with Crippen LogP contribution in [0.1, 0.15) is 27.8 Å². The van der Waals surface area contributed by atoms with Crippen molar-refractivity contribution < 1.29 is 0 Å². The first-order valence-electron chi connectivity index (χ1n) is 6.30. The van der Waals surface area contributed by atoms with Crippen LogP contribution in [0, 0.1) is 34.6 Å². The van der Waals surface area contributed by atoms with Crippen LogP contribution in [0.15, 0.2) is 40.1 Å². The third kappa shape index (κ3) is 2.78. The van der Waals surface area contributed by atoms with Crippen molar-refractivity contribution in [2.24, 2.45) is 0 Å². The summed E-state index contributed by atoms with van der Waals surface area (Å²) < 4.78 is 0. The van der Waals surface area contributed by atoms with Crippen LogP contribution in [0.3, 0.4) is 0 Å². The zero-order valence-electron chi connectivity index (χ0n) is 11.8. The summed E-state index contributed by atoms with van der Waals surface area (Å²) in [5.74, 6) is 0. The molecule has 0 aliphatic rings. The Kier molecular flexibility index (Phi) is 3.82. The Balaban J connectivity index is 2.42. The summed E-state index contributed by atoms with van der Waals surface area (Å²) in [7, 11) is 0. The minimum Gasteiger partial charge on any atom is -0.0895 e. The van der Waals surface area contributed by atoms with Crippen molar-refractivity contribution in [2.75, 3.05) is 0 Å². The molecule has 94 valence electrons. The van der Waals surface area contributed by atoms with Crippen molar-refractivity contribution in [2.45, 2.75) is 44.4 Å². The monoisotopic (exact) mass is 256 g/mol. The molecule has 0 amide bonds. The lowest BCUT2D eigenvalue weighted by Gasteiger charge is -2.12. The summed E-state index contributed by atoms with van der Waals surface area (Å²) in [5.41, 5.74) is 6.80. The standard InChI is InChI=1S/C17H20S/c1-11-8-12(2)10-16(9-11)18-17-14(4)7-6-13(3)15(17)5/h6-10H,1-5H3. The Morgan fingerprint density at radius 1 is 0.722 bits per heavy atom. The summed E-state index contributed by atoms with van der Waals surface area (Å²) >= 11 is 1.88. The summed E-state index contributed by atoms with van der Waals surface area (Å²) in [5, 5.41) is 0. The molecular weight excluding hydrogens is 236 g/mol. The molecule has 0 unspecified atom stereocenters. The Hall–Kier alpha value is -1.21. The molecule has 0 aliphatic carbocycles. The van der Waals surface area contributed by atoms with E-state index in [-0.39, 0.29) is 0 Å². The van der Waals surface area contributed by atoms with Crippen molar-refractivity contribution in [1.29, 1.82) is 0 Å². The van der Waals surface area contributed by atoms with Gasteiger partial charge < -0.3 is 0 Å². The van der Waals surface area contributed by atoms with Gasteiger partial charge in [0.2, 0.25) is 0 Å². The van der Waals surface area contributed by atoms with Gasteiger partial charge in [0.25, 0.3) is 0 Å². The highest BCUT2D eigenvalue weighted by atomic mass is 32.2. The molecule has 0 nitrogen and oxygen atoms in total. The number of rotatable bonds is 2. The molecule has 0 fully saturated rings. The van der Waals surface area contributed by atoms with Crippen LogP contribution in [-0.4, -0.2) is 0 Å². The molecule has 1 heteroatoms. The highest BCUT2D eigenvalue weighted by Gasteiger charge is 2.07. The van der Waals surface area contributed by atoms with Gasteiger partial charge in [-0.1, -0.05) is 30.0 Å². The zero-order valence-corrected chi connectivity index (χ0v) is 12.6. The Bertz CT molecular complexity index is 562. The first-order chi connectivity index (χ1) is 8.47. The SMILES string of the molecule is Cc1cc(C)cc(Sc2c(C)ccc(C)c2C)c1. The van der Waals surface area contributed by atoms with Crippen LogP contribution < -0.4 is 0 Å². The first-order valence-corrected chi connectivity index (χ1v) is 7.12. The molecule has 0 saturated heterocycles. The second-order valence-electron chi connectivity index (χ2n) is 5.08. The van der Waals surface area contributed by atoms with E-state index in [0.29, 0.717) is 0 Å². The topological polar surface area (TPSA) is 0 Å². The highest BCUT2D eigenvalue weighted by Crippen LogP contribution is 2.35. The van der Waals surface area contributed by atoms with Gasteiger partial charge in [0.1, 0.15) is 0 Å². The van der Waals surface area contributed by atoms with E-state index >= 15 is 0 Å². The molecule has 0 heterocycles.